The Balaban J connectivity index is 1.49. The summed E-state index contributed by atoms with van der Waals surface area (Å²) in [6, 6.07) is 11.2. The zero-order valence-electron chi connectivity index (χ0n) is 18.5. The maximum Gasteiger partial charge on any atom is 0.254 e. The zero-order valence-corrected chi connectivity index (χ0v) is 19.3. The number of amides is 1. The van der Waals surface area contributed by atoms with Gasteiger partial charge in [-0.2, -0.15) is 4.31 Å². The van der Waals surface area contributed by atoms with Gasteiger partial charge in [-0.15, -0.1) is 0 Å². The van der Waals surface area contributed by atoms with E-state index in [0.29, 0.717) is 44.8 Å². The van der Waals surface area contributed by atoms with Crippen LogP contribution >= 0.6 is 0 Å². The molecule has 2 aromatic carbocycles. The second kappa shape index (κ2) is 9.58. The van der Waals surface area contributed by atoms with Crippen molar-refractivity contribution in [2.75, 3.05) is 44.2 Å². The van der Waals surface area contributed by atoms with Crippen LogP contribution in [0.3, 0.4) is 0 Å². The zero-order chi connectivity index (χ0) is 22.7. The number of halogens is 1. The van der Waals surface area contributed by atoms with Crippen molar-refractivity contribution >= 4 is 21.6 Å². The predicted octanol–water partition coefficient (Wildman–Crippen LogP) is 3.66. The van der Waals surface area contributed by atoms with Crippen molar-refractivity contribution < 1.29 is 17.6 Å². The molecule has 2 heterocycles. The van der Waals surface area contributed by atoms with Gasteiger partial charge in [0, 0.05) is 50.5 Å². The quantitative estimate of drug-likeness (QED) is 0.700. The molecule has 2 saturated heterocycles. The minimum absolute atomic E-state index is 0.144. The standard InChI is InChI=1S/C24H30FN3O3S/c1-19-6-11-22(32(30,31)28-12-4-2-3-5-13-28)18-23(19)24(29)27-16-14-26(15-17-27)21-9-7-20(25)8-10-21/h6-11,18H,2-5,12-17H2,1H3. The van der Waals surface area contributed by atoms with E-state index in [-0.39, 0.29) is 16.6 Å². The summed E-state index contributed by atoms with van der Waals surface area (Å²) < 4.78 is 41.1. The van der Waals surface area contributed by atoms with Crippen molar-refractivity contribution in [1.82, 2.24) is 9.21 Å². The van der Waals surface area contributed by atoms with Gasteiger partial charge in [0.2, 0.25) is 10.0 Å². The van der Waals surface area contributed by atoms with Crippen molar-refractivity contribution in [2.24, 2.45) is 0 Å². The van der Waals surface area contributed by atoms with Crippen molar-refractivity contribution in [3.8, 4) is 0 Å². The SMILES string of the molecule is Cc1ccc(S(=O)(=O)N2CCCCCC2)cc1C(=O)N1CCN(c2ccc(F)cc2)CC1. The first kappa shape index (κ1) is 22.7. The van der Waals surface area contributed by atoms with E-state index in [0.717, 1.165) is 36.9 Å². The molecule has 0 bridgehead atoms. The Morgan fingerprint density at radius 2 is 1.47 bits per heavy atom. The van der Waals surface area contributed by atoms with E-state index in [1.165, 1.54) is 12.1 Å². The van der Waals surface area contributed by atoms with Crippen molar-refractivity contribution in [3.05, 3.63) is 59.4 Å². The molecule has 2 aliphatic heterocycles. The topological polar surface area (TPSA) is 60.9 Å². The van der Waals surface area contributed by atoms with Gasteiger partial charge in [-0.3, -0.25) is 4.79 Å². The van der Waals surface area contributed by atoms with Crippen LogP contribution in [0.5, 0.6) is 0 Å². The molecule has 2 fully saturated rings. The van der Waals surface area contributed by atoms with E-state index in [2.05, 4.69) is 4.90 Å². The molecular weight excluding hydrogens is 429 g/mol. The van der Waals surface area contributed by atoms with Crippen LogP contribution in [-0.4, -0.2) is 62.8 Å². The molecule has 0 saturated carbocycles. The number of piperazine rings is 1. The lowest BCUT2D eigenvalue weighted by Gasteiger charge is -2.36. The highest BCUT2D eigenvalue weighted by molar-refractivity contribution is 7.89. The first-order valence-corrected chi connectivity index (χ1v) is 12.7. The number of carbonyl (C=O) groups is 1. The monoisotopic (exact) mass is 459 g/mol. The molecule has 0 spiro atoms. The van der Waals surface area contributed by atoms with Gasteiger partial charge in [0.15, 0.2) is 0 Å². The van der Waals surface area contributed by atoms with E-state index in [1.807, 2.05) is 6.92 Å². The van der Waals surface area contributed by atoms with Crippen LogP contribution in [-0.2, 0) is 10.0 Å². The summed E-state index contributed by atoms with van der Waals surface area (Å²) in [5, 5.41) is 0. The summed E-state index contributed by atoms with van der Waals surface area (Å²) in [4.78, 5) is 17.4. The number of rotatable bonds is 4. The Labute approximate surface area is 189 Å². The normalized spacial score (nSPS) is 18.4. The molecule has 0 aliphatic carbocycles. The average molecular weight is 460 g/mol. The molecule has 172 valence electrons. The molecule has 4 rings (SSSR count). The van der Waals surface area contributed by atoms with E-state index >= 15 is 0 Å². The minimum Gasteiger partial charge on any atom is -0.368 e. The van der Waals surface area contributed by atoms with Crippen LogP contribution in [0.15, 0.2) is 47.4 Å². The van der Waals surface area contributed by atoms with Crippen LogP contribution in [0.25, 0.3) is 0 Å². The van der Waals surface area contributed by atoms with E-state index < -0.39 is 10.0 Å². The van der Waals surface area contributed by atoms with Crippen LogP contribution in [0, 0.1) is 12.7 Å². The number of hydrogen-bond donors (Lipinski definition) is 0. The second-order valence-corrected chi connectivity index (χ2v) is 10.5. The van der Waals surface area contributed by atoms with Gasteiger partial charge in [0.25, 0.3) is 5.91 Å². The third kappa shape index (κ3) is 4.81. The van der Waals surface area contributed by atoms with E-state index in [9.17, 15) is 17.6 Å². The molecule has 0 radical (unpaired) electrons. The Bertz CT molecular complexity index is 1060. The Hall–Kier alpha value is -2.45. The lowest BCUT2D eigenvalue weighted by molar-refractivity contribution is 0.0746. The molecule has 32 heavy (non-hydrogen) atoms. The van der Waals surface area contributed by atoms with Crippen LogP contribution in [0.1, 0.15) is 41.6 Å². The first-order chi connectivity index (χ1) is 15.4. The lowest BCUT2D eigenvalue weighted by atomic mass is 10.1. The Morgan fingerprint density at radius 1 is 0.844 bits per heavy atom. The summed E-state index contributed by atoms with van der Waals surface area (Å²) in [6.45, 7) is 5.24. The summed E-state index contributed by atoms with van der Waals surface area (Å²) in [7, 11) is -3.61. The molecule has 6 nitrogen and oxygen atoms in total. The summed E-state index contributed by atoms with van der Waals surface area (Å²) in [5.74, 6) is -0.415. The number of anilines is 1. The number of aryl methyl sites for hydroxylation is 1. The summed E-state index contributed by atoms with van der Waals surface area (Å²) in [5.41, 5.74) is 2.14. The minimum atomic E-state index is -3.61. The number of benzene rings is 2. The van der Waals surface area contributed by atoms with Gasteiger partial charge in [0.1, 0.15) is 5.82 Å². The Kier molecular flexibility index (Phi) is 6.81. The van der Waals surface area contributed by atoms with Crippen molar-refractivity contribution in [1.29, 1.82) is 0 Å². The van der Waals surface area contributed by atoms with Gasteiger partial charge >= 0.3 is 0 Å². The largest absolute Gasteiger partial charge is 0.368 e. The molecule has 0 aromatic heterocycles. The van der Waals surface area contributed by atoms with Crippen LogP contribution < -0.4 is 4.90 Å². The lowest BCUT2D eigenvalue weighted by Crippen LogP contribution is -2.49. The highest BCUT2D eigenvalue weighted by Gasteiger charge is 2.28. The maximum atomic E-state index is 13.3. The van der Waals surface area contributed by atoms with Gasteiger partial charge < -0.3 is 9.80 Å². The highest BCUT2D eigenvalue weighted by Crippen LogP contribution is 2.24. The number of hydrogen-bond acceptors (Lipinski definition) is 4. The van der Waals surface area contributed by atoms with Gasteiger partial charge in [0.05, 0.1) is 4.90 Å². The van der Waals surface area contributed by atoms with E-state index in [1.54, 1.807) is 39.5 Å². The average Bonchev–Trinajstić information content (AvgIpc) is 3.10. The molecule has 0 unspecified atom stereocenters. The number of sulfonamides is 1. The van der Waals surface area contributed by atoms with Gasteiger partial charge in [-0.1, -0.05) is 18.9 Å². The third-order valence-corrected chi connectivity index (χ3v) is 8.30. The number of nitrogens with zero attached hydrogens (tertiary/aromatic N) is 3. The van der Waals surface area contributed by atoms with Crippen LogP contribution in [0.4, 0.5) is 10.1 Å². The second-order valence-electron chi connectivity index (χ2n) is 8.55. The molecule has 8 heteroatoms. The first-order valence-electron chi connectivity index (χ1n) is 11.3. The fraction of sp³-hybridized carbons (Fsp3) is 0.458. The summed E-state index contributed by atoms with van der Waals surface area (Å²) >= 11 is 0. The molecule has 2 aliphatic rings. The van der Waals surface area contributed by atoms with Crippen LogP contribution in [0.2, 0.25) is 0 Å². The fourth-order valence-electron chi connectivity index (χ4n) is 4.41. The summed E-state index contributed by atoms with van der Waals surface area (Å²) in [6.07, 6.45) is 3.84. The fourth-order valence-corrected chi connectivity index (χ4v) is 5.96. The van der Waals surface area contributed by atoms with Gasteiger partial charge in [-0.05, 0) is 61.7 Å². The van der Waals surface area contributed by atoms with Crippen molar-refractivity contribution in [2.45, 2.75) is 37.5 Å². The molecular formula is C24H30FN3O3S. The van der Waals surface area contributed by atoms with Gasteiger partial charge in [-0.25, -0.2) is 12.8 Å². The number of carbonyl (C=O) groups excluding carboxylic acids is 1. The Morgan fingerprint density at radius 3 is 2.09 bits per heavy atom. The van der Waals surface area contributed by atoms with Crippen molar-refractivity contribution in [3.63, 3.8) is 0 Å². The molecule has 0 atom stereocenters. The highest BCUT2D eigenvalue weighted by atomic mass is 32.2. The van der Waals surface area contributed by atoms with E-state index in [4.69, 9.17) is 0 Å². The molecule has 0 N–H and O–H groups in total. The smallest absolute Gasteiger partial charge is 0.254 e. The molecule has 1 amide bonds. The maximum absolute atomic E-state index is 13.3. The predicted molar refractivity (Wildman–Crippen MR) is 123 cm³/mol. The molecule has 2 aromatic rings. The third-order valence-electron chi connectivity index (χ3n) is 6.40.